The smallest absolute Gasteiger partial charge is 0.410 e. The van der Waals surface area contributed by atoms with Crippen molar-refractivity contribution in [3.05, 3.63) is 88.5 Å². The van der Waals surface area contributed by atoms with Gasteiger partial charge in [-0.2, -0.15) is 0 Å². The number of aromatic nitrogens is 2. The van der Waals surface area contributed by atoms with Crippen LogP contribution in [0.5, 0.6) is 5.75 Å². The summed E-state index contributed by atoms with van der Waals surface area (Å²) < 4.78 is 16.9. The van der Waals surface area contributed by atoms with Crippen molar-refractivity contribution in [1.82, 2.24) is 19.8 Å². The summed E-state index contributed by atoms with van der Waals surface area (Å²) in [6.45, 7) is 6.89. The van der Waals surface area contributed by atoms with Crippen molar-refractivity contribution in [3.63, 3.8) is 0 Å². The Balaban J connectivity index is 1.29. The lowest BCUT2D eigenvalue weighted by atomic mass is 10.0. The third kappa shape index (κ3) is 6.00. The molecule has 2 amide bonds. The molecule has 3 heterocycles. The van der Waals surface area contributed by atoms with E-state index < -0.39 is 23.6 Å². The van der Waals surface area contributed by atoms with Gasteiger partial charge in [-0.15, -0.1) is 0 Å². The lowest BCUT2D eigenvalue weighted by Gasteiger charge is -2.23. The van der Waals surface area contributed by atoms with E-state index >= 15 is 0 Å². The molecule has 2 aliphatic rings. The monoisotopic (exact) mass is 530 g/mol. The van der Waals surface area contributed by atoms with Crippen molar-refractivity contribution in [2.24, 2.45) is 0 Å². The van der Waals surface area contributed by atoms with Crippen molar-refractivity contribution in [2.45, 2.75) is 52.6 Å². The number of rotatable bonds is 4. The summed E-state index contributed by atoms with van der Waals surface area (Å²) in [6.07, 6.45) is 0.679. The highest BCUT2D eigenvalue weighted by molar-refractivity contribution is 6.08. The third-order valence-electron chi connectivity index (χ3n) is 6.28. The van der Waals surface area contributed by atoms with Crippen LogP contribution < -0.4 is 4.74 Å². The SMILES string of the molecule is CC(C)(C)OC(=O)N1Cc2cnc(C(=O)c3cccc4c3OCCN(C(=O)OCc3ccccc3)C4)nc2C1. The number of hydrogen-bond acceptors (Lipinski definition) is 8. The highest BCUT2D eigenvalue weighted by atomic mass is 16.6. The summed E-state index contributed by atoms with van der Waals surface area (Å²) in [6, 6.07) is 14.7. The predicted octanol–water partition coefficient (Wildman–Crippen LogP) is 4.49. The molecule has 3 aromatic rings. The average molecular weight is 531 g/mol. The molecule has 1 aromatic heterocycles. The van der Waals surface area contributed by atoms with E-state index in [1.165, 1.54) is 4.90 Å². The zero-order valence-electron chi connectivity index (χ0n) is 22.2. The highest BCUT2D eigenvalue weighted by Crippen LogP contribution is 2.30. The lowest BCUT2D eigenvalue weighted by Crippen LogP contribution is -2.33. The summed E-state index contributed by atoms with van der Waals surface area (Å²) in [5.74, 6) is 0.0194. The Labute approximate surface area is 226 Å². The molecule has 39 heavy (non-hydrogen) atoms. The summed E-state index contributed by atoms with van der Waals surface area (Å²) in [4.78, 5) is 50.6. The van der Waals surface area contributed by atoms with E-state index in [0.717, 1.165) is 11.1 Å². The molecule has 0 fully saturated rings. The van der Waals surface area contributed by atoms with Gasteiger partial charge in [-0.25, -0.2) is 19.6 Å². The molecule has 10 nitrogen and oxygen atoms in total. The second-order valence-corrected chi connectivity index (χ2v) is 10.4. The number of ketones is 1. The molecule has 2 aliphatic heterocycles. The van der Waals surface area contributed by atoms with E-state index in [-0.39, 0.29) is 32.1 Å². The number of ether oxygens (including phenoxy) is 3. The van der Waals surface area contributed by atoms with Gasteiger partial charge in [-0.1, -0.05) is 42.5 Å². The number of amides is 2. The molecule has 0 atom stereocenters. The van der Waals surface area contributed by atoms with Gasteiger partial charge in [-0.05, 0) is 32.4 Å². The molecular weight excluding hydrogens is 500 g/mol. The largest absolute Gasteiger partial charge is 0.491 e. The maximum atomic E-state index is 13.5. The second-order valence-electron chi connectivity index (χ2n) is 10.4. The van der Waals surface area contributed by atoms with Gasteiger partial charge in [0.25, 0.3) is 0 Å². The first-order valence-electron chi connectivity index (χ1n) is 12.8. The topological polar surface area (TPSA) is 111 Å². The summed E-state index contributed by atoms with van der Waals surface area (Å²) in [7, 11) is 0. The molecule has 0 N–H and O–H groups in total. The Bertz CT molecular complexity index is 1400. The normalized spacial score (nSPS) is 14.5. The highest BCUT2D eigenvalue weighted by Gasteiger charge is 2.31. The molecule has 10 heteroatoms. The Hall–Kier alpha value is -4.47. The van der Waals surface area contributed by atoms with E-state index in [1.54, 1.807) is 23.2 Å². The number of para-hydroxylation sites is 1. The van der Waals surface area contributed by atoms with E-state index in [4.69, 9.17) is 14.2 Å². The quantitative estimate of drug-likeness (QED) is 0.454. The first-order chi connectivity index (χ1) is 18.7. The molecule has 0 saturated carbocycles. The van der Waals surface area contributed by atoms with Crippen molar-refractivity contribution >= 4 is 18.0 Å². The van der Waals surface area contributed by atoms with Crippen LogP contribution in [0.1, 0.15) is 59.3 Å². The van der Waals surface area contributed by atoms with Crippen LogP contribution in [0, 0.1) is 0 Å². The molecule has 0 bridgehead atoms. The van der Waals surface area contributed by atoms with Gasteiger partial charge >= 0.3 is 12.2 Å². The second kappa shape index (κ2) is 10.7. The first-order valence-corrected chi connectivity index (χ1v) is 12.8. The number of hydrogen-bond donors (Lipinski definition) is 0. The van der Waals surface area contributed by atoms with Crippen molar-refractivity contribution in [2.75, 3.05) is 13.2 Å². The Kier molecular flexibility index (Phi) is 7.19. The zero-order valence-corrected chi connectivity index (χ0v) is 22.2. The van der Waals surface area contributed by atoms with Gasteiger partial charge < -0.3 is 19.1 Å². The van der Waals surface area contributed by atoms with Gasteiger partial charge in [0, 0.05) is 17.3 Å². The molecule has 202 valence electrons. The minimum absolute atomic E-state index is 0.0140. The van der Waals surface area contributed by atoms with Crippen LogP contribution in [0.2, 0.25) is 0 Å². The molecule has 0 aliphatic carbocycles. The van der Waals surface area contributed by atoms with Crippen molar-refractivity contribution in [3.8, 4) is 5.75 Å². The third-order valence-corrected chi connectivity index (χ3v) is 6.28. The lowest BCUT2D eigenvalue weighted by molar-refractivity contribution is 0.0240. The van der Waals surface area contributed by atoms with E-state index in [0.29, 0.717) is 35.7 Å². The standard InChI is InChI=1S/C29H30N4O6/c1-29(2,3)39-28(36)33-16-21-14-30-26(31-23(21)17-33)24(34)22-11-7-10-20-15-32(12-13-37-25(20)22)27(35)38-18-19-8-5-4-6-9-19/h4-11,14H,12-13,15-18H2,1-3H3. The van der Waals surface area contributed by atoms with Crippen LogP contribution in [0.4, 0.5) is 9.59 Å². The van der Waals surface area contributed by atoms with Gasteiger partial charge in [0.05, 0.1) is 37.4 Å². The maximum Gasteiger partial charge on any atom is 0.410 e. The fourth-order valence-electron chi connectivity index (χ4n) is 4.41. The molecule has 0 saturated heterocycles. The number of benzene rings is 2. The predicted molar refractivity (Wildman–Crippen MR) is 140 cm³/mol. The van der Waals surface area contributed by atoms with E-state index in [1.807, 2.05) is 57.2 Å². The Morgan fingerprint density at radius 3 is 2.46 bits per heavy atom. The van der Waals surface area contributed by atoms with Crippen LogP contribution in [-0.4, -0.2) is 56.5 Å². The molecule has 0 radical (unpaired) electrons. The number of fused-ring (bicyclic) bond motifs is 2. The van der Waals surface area contributed by atoms with Crippen LogP contribution in [0.25, 0.3) is 0 Å². The molecule has 0 spiro atoms. The van der Waals surface area contributed by atoms with Crippen LogP contribution in [0.15, 0.2) is 54.7 Å². The van der Waals surface area contributed by atoms with Gasteiger partial charge in [0.2, 0.25) is 11.6 Å². The molecular formula is C29H30N4O6. The fraction of sp³-hybridized carbons (Fsp3) is 0.345. The molecule has 2 aromatic carbocycles. The first kappa shape index (κ1) is 26.1. The molecule has 0 unspecified atom stereocenters. The van der Waals surface area contributed by atoms with Crippen molar-refractivity contribution in [1.29, 1.82) is 0 Å². The summed E-state index contributed by atoms with van der Waals surface area (Å²) in [5, 5.41) is 0. The average Bonchev–Trinajstić information content (AvgIpc) is 3.22. The fourth-order valence-corrected chi connectivity index (χ4v) is 4.41. The molecule has 5 rings (SSSR count). The number of carbonyl (C=O) groups is 3. The summed E-state index contributed by atoms with van der Waals surface area (Å²) in [5.41, 5.74) is 2.66. The minimum Gasteiger partial charge on any atom is -0.491 e. The van der Waals surface area contributed by atoms with Gasteiger partial charge in [-0.3, -0.25) is 9.69 Å². The van der Waals surface area contributed by atoms with Gasteiger partial charge in [0.1, 0.15) is 24.6 Å². The van der Waals surface area contributed by atoms with E-state index in [9.17, 15) is 14.4 Å². The van der Waals surface area contributed by atoms with Crippen LogP contribution in [0.3, 0.4) is 0 Å². The van der Waals surface area contributed by atoms with Gasteiger partial charge in [0.15, 0.2) is 0 Å². The number of nitrogens with zero attached hydrogens (tertiary/aromatic N) is 4. The van der Waals surface area contributed by atoms with Crippen LogP contribution in [-0.2, 0) is 35.7 Å². The Morgan fingerprint density at radius 2 is 1.69 bits per heavy atom. The zero-order chi connectivity index (χ0) is 27.6. The van der Waals surface area contributed by atoms with E-state index in [2.05, 4.69) is 9.97 Å². The number of carbonyl (C=O) groups excluding carboxylic acids is 3. The van der Waals surface area contributed by atoms with Crippen LogP contribution >= 0.6 is 0 Å². The minimum atomic E-state index is -0.613. The van der Waals surface area contributed by atoms with Crippen molar-refractivity contribution < 1.29 is 28.6 Å². The Morgan fingerprint density at radius 1 is 0.923 bits per heavy atom. The maximum absolute atomic E-state index is 13.5. The summed E-state index contributed by atoms with van der Waals surface area (Å²) >= 11 is 0.